The van der Waals surface area contributed by atoms with E-state index in [2.05, 4.69) is 15.5 Å². The molecule has 0 radical (unpaired) electrons. The van der Waals surface area contributed by atoms with Crippen LogP contribution < -0.4 is 14.8 Å². The number of halogens is 1. The first kappa shape index (κ1) is 21.0. The molecule has 0 aliphatic rings. The third-order valence-electron chi connectivity index (χ3n) is 4.13. The first-order valence-electron chi connectivity index (χ1n) is 8.75. The quantitative estimate of drug-likeness (QED) is 0.541. The Morgan fingerprint density at radius 3 is 2.55 bits per heavy atom. The van der Waals surface area contributed by atoms with Gasteiger partial charge in [-0.2, -0.15) is 0 Å². The molecular weight excluding hydrogens is 410 g/mol. The van der Waals surface area contributed by atoms with Crippen molar-refractivity contribution >= 4 is 35.0 Å². The van der Waals surface area contributed by atoms with Gasteiger partial charge >= 0.3 is 0 Å². The summed E-state index contributed by atoms with van der Waals surface area (Å²) in [6.07, 6.45) is 0. The summed E-state index contributed by atoms with van der Waals surface area (Å²) in [4.78, 5) is 12.2. The van der Waals surface area contributed by atoms with Gasteiger partial charge in [0.2, 0.25) is 5.91 Å². The summed E-state index contributed by atoms with van der Waals surface area (Å²) in [7, 11) is 3.20. The van der Waals surface area contributed by atoms with Crippen LogP contribution in [0.2, 0.25) is 5.02 Å². The molecule has 1 heterocycles. The highest BCUT2D eigenvalue weighted by Gasteiger charge is 2.11. The Morgan fingerprint density at radius 2 is 1.90 bits per heavy atom. The average molecular weight is 430 g/mol. The van der Waals surface area contributed by atoms with Gasteiger partial charge in [-0.25, -0.2) is 0 Å². The lowest BCUT2D eigenvalue weighted by Gasteiger charge is -2.10. The molecule has 1 N–H and O–H groups in total. The first-order valence-corrected chi connectivity index (χ1v) is 10.1. The Bertz CT molecular complexity index is 1010. The molecule has 1 amide bonds. The smallest absolute Gasteiger partial charge is 0.234 e. The molecule has 0 unspecified atom stereocenters. The fourth-order valence-electron chi connectivity index (χ4n) is 2.56. The number of hydrogen-bond acceptors (Lipinski definition) is 6. The SMILES string of the molecule is COc1ccc(OC)c(-c2ccc(SCC(=O)Nc3ccc(C)c(Cl)c3)nn2)c1. The van der Waals surface area contributed by atoms with Crippen molar-refractivity contribution < 1.29 is 14.3 Å². The Labute approximate surface area is 178 Å². The van der Waals surface area contributed by atoms with Crippen LogP contribution in [0.25, 0.3) is 11.3 Å². The number of amides is 1. The molecule has 6 nitrogen and oxygen atoms in total. The maximum absolute atomic E-state index is 12.2. The summed E-state index contributed by atoms with van der Waals surface area (Å²) in [6.45, 7) is 1.91. The van der Waals surface area contributed by atoms with Crippen LogP contribution >= 0.6 is 23.4 Å². The second kappa shape index (κ2) is 9.62. The maximum Gasteiger partial charge on any atom is 0.234 e. The predicted molar refractivity (Wildman–Crippen MR) is 116 cm³/mol. The van der Waals surface area contributed by atoms with E-state index in [4.69, 9.17) is 21.1 Å². The van der Waals surface area contributed by atoms with E-state index in [0.717, 1.165) is 11.1 Å². The second-order valence-corrected chi connectivity index (χ2v) is 7.53. The van der Waals surface area contributed by atoms with Gasteiger partial charge in [-0.15, -0.1) is 10.2 Å². The standard InChI is InChI=1S/C21H20ClN3O3S/c1-13-4-5-14(10-17(13)22)23-20(26)12-29-21-9-7-18(24-25-21)16-11-15(27-2)6-8-19(16)28-3/h4-11H,12H2,1-3H3,(H,23,26). The molecule has 3 aromatic rings. The average Bonchev–Trinajstić information content (AvgIpc) is 2.74. The van der Waals surface area contributed by atoms with E-state index in [1.54, 1.807) is 20.3 Å². The van der Waals surface area contributed by atoms with E-state index >= 15 is 0 Å². The summed E-state index contributed by atoms with van der Waals surface area (Å²) in [5, 5.41) is 12.6. The number of hydrogen-bond donors (Lipinski definition) is 1. The fraction of sp³-hybridized carbons (Fsp3) is 0.190. The molecule has 0 aliphatic carbocycles. The Hall–Kier alpha value is -2.77. The molecule has 0 aliphatic heterocycles. The summed E-state index contributed by atoms with van der Waals surface area (Å²) < 4.78 is 10.7. The van der Waals surface area contributed by atoms with Gasteiger partial charge in [-0.1, -0.05) is 29.4 Å². The number of methoxy groups -OCH3 is 2. The zero-order valence-corrected chi connectivity index (χ0v) is 17.8. The van der Waals surface area contributed by atoms with Crippen LogP contribution in [0.1, 0.15) is 5.56 Å². The molecule has 8 heteroatoms. The number of rotatable bonds is 7. The van der Waals surface area contributed by atoms with Crippen molar-refractivity contribution in [2.75, 3.05) is 25.3 Å². The van der Waals surface area contributed by atoms with Crippen LogP contribution in [0.3, 0.4) is 0 Å². The van der Waals surface area contributed by atoms with Crippen molar-refractivity contribution in [2.24, 2.45) is 0 Å². The van der Waals surface area contributed by atoms with Crippen molar-refractivity contribution in [3.8, 4) is 22.8 Å². The molecule has 0 saturated carbocycles. The highest BCUT2D eigenvalue weighted by Crippen LogP contribution is 2.32. The lowest BCUT2D eigenvalue weighted by atomic mass is 10.1. The van der Waals surface area contributed by atoms with E-state index in [1.807, 2.05) is 49.4 Å². The van der Waals surface area contributed by atoms with E-state index < -0.39 is 0 Å². The minimum absolute atomic E-state index is 0.143. The number of benzene rings is 2. The molecule has 1 aromatic heterocycles. The van der Waals surface area contributed by atoms with Gasteiger partial charge < -0.3 is 14.8 Å². The van der Waals surface area contributed by atoms with E-state index in [-0.39, 0.29) is 11.7 Å². The molecule has 0 atom stereocenters. The third kappa shape index (κ3) is 5.40. The zero-order chi connectivity index (χ0) is 20.8. The molecule has 0 spiro atoms. The van der Waals surface area contributed by atoms with Gasteiger partial charge in [0, 0.05) is 16.3 Å². The van der Waals surface area contributed by atoms with E-state index in [1.165, 1.54) is 11.8 Å². The number of nitrogens with one attached hydrogen (secondary N) is 1. The van der Waals surface area contributed by atoms with E-state index in [9.17, 15) is 4.79 Å². The normalized spacial score (nSPS) is 10.5. The highest BCUT2D eigenvalue weighted by atomic mass is 35.5. The largest absolute Gasteiger partial charge is 0.497 e. The van der Waals surface area contributed by atoms with Gasteiger partial charge in [0.25, 0.3) is 0 Å². The van der Waals surface area contributed by atoms with Gasteiger partial charge in [-0.3, -0.25) is 4.79 Å². The monoisotopic (exact) mass is 429 g/mol. The van der Waals surface area contributed by atoms with Crippen molar-refractivity contribution in [1.82, 2.24) is 10.2 Å². The zero-order valence-electron chi connectivity index (χ0n) is 16.2. The number of nitrogens with zero attached hydrogens (tertiary/aromatic N) is 2. The van der Waals surface area contributed by atoms with Gasteiger partial charge in [-0.05, 0) is 55.0 Å². The predicted octanol–water partition coefficient (Wildman–Crippen LogP) is 4.85. The Kier molecular flexibility index (Phi) is 6.95. The number of carbonyl (C=O) groups is 1. The summed E-state index contributed by atoms with van der Waals surface area (Å²) in [6, 6.07) is 14.6. The summed E-state index contributed by atoms with van der Waals surface area (Å²) in [5.74, 6) is 1.45. The molecule has 29 heavy (non-hydrogen) atoms. The number of carbonyl (C=O) groups excluding carboxylic acids is 1. The highest BCUT2D eigenvalue weighted by molar-refractivity contribution is 7.99. The van der Waals surface area contributed by atoms with Crippen molar-refractivity contribution in [3.63, 3.8) is 0 Å². The van der Waals surface area contributed by atoms with Gasteiger partial charge in [0.15, 0.2) is 0 Å². The molecular formula is C21H20ClN3O3S. The van der Waals surface area contributed by atoms with Crippen LogP contribution in [-0.2, 0) is 4.79 Å². The van der Waals surface area contributed by atoms with Crippen LogP contribution in [0, 0.1) is 6.92 Å². The van der Waals surface area contributed by atoms with Crippen LogP contribution in [0.15, 0.2) is 53.6 Å². The van der Waals surface area contributed by atoms with Crippen molar-refractivity contribution in [3.05, 3.63) is 59.1 Å². The molecule has 0 saturated heterocycles. The number of aryl methyl sites for hydroxylation is 1. The minimum atomic E-state index is -0.143. The van der Waals surface area contributed by atoms with Crippen LogP contribution in [0.4, 0.5) is 5.69 Å². The maximum atomic E-state index is 12.2. The van der Waals surface area contributed by atoms with Gasteiger partial charge in [0.05, 0.1) is 25.7 Å². The number of thioether (sulfide) groups is 1. The van der Waals surface area contributed by atoms with Crippen LogP contribution in [0.5, 0.6) is 11.5 Å². The molecule has 3 rings (SSSR count). The second-order valence-electron chi connectivity index (χ2n) is 6.12. The van der Waals surface area contributed by atoms with Crippen LogP contribution in [-0.4, -0.2) is 36.1 Å². The van der Waals surface area contributed by atoms with Gasteiger partial charge in [0.1, 0.15) is 16.5 Å². The number of aromatic nitrogens is 2. The van der Waals surface area contributed by atoms with E-state index in [0.29, 0.717) is 32.9 Å². The Balaban J connectivity index is 1.63. The molecule has 2 aromatic carbocycles. The fourth-order valence-corrected chi connectivity index (χ4v) is 3.36. The Morgan fingerprint density at radius 1 is 1.07 bits per heavy atom. The molecule has 150 valence electrons. The lowest BCUT2D eigenvalue weighted by molar-refractivity contribution is -0.113. The minimum Gasteiger partial charge on any atom is -0.497 e. The third-order valence-corrected chi connectivity index (χ3v) is 5.46. The lowest BCUT2D eigenvalue weighted by Crippen LogP contribution is -2.14. The first-order chi connectivity index (χ1) is 14.0. The topological polar surface area (TPSA) is 73.3 Å². The van der Waals surface area contributed by atoms with Crippen molar-refractivity contribution in [2.45, 2.75) is 11.9 Å². The number of anilines is 1. The van der Waals surface area contributed by atoms with Crippen molar-refractivity contribution in [1.29, 1.82) is 0 Å². The molecule has 0 bridgehead atoms. The summed E-state index contributed by atoms with van der Waals surface area (Å²) in [5.41, 5.74) is 3.06. The molecule has 0 fully saturated rings. The summed E-state index contributed by atoms with van der Waals surface area (Å²) >= 11 is 7.39. The number of ether oxygens (including phenoxy) is 2.